The molecule has 0 saturated carbocycles. The predicted octanol–water partition coefficient (Wildman–Crippen LogP) is 4.66. The van der Waals surface area contributed by atoms with Crippen LogP contribution >= 0.6 is 11.6 Å². The Morgan fingerprint density at radius 2 is 1.91 bits per heavy atom. The molecular formula is C24H22ClN5O3. The average Bonchev–Trinajstić information content (AvgIpc) is 3.38. The minimum Gasteiger partial charge on any atom is -0.461 e. The number of halogens is 1. The first kappa shape index (κ1) is 22.3. The maximum atomic E-state index is 12.7. The standard InChI is InChI=1S/C24H22ClN5O3/c1-4-33-24(32)20-13-21(30(28-20)18-10-5-7-15(2)11-18)16-8-6-9-17(12-16)27-23(31)19-14-26-29(3)22(19)25/h5-14H,4H2,1-3H3,(H,27,31). The quantitative estimate of drug-likeness (QED) is 0.420. The van der Waals surface area contributed by atoms with Gasteiger partial charge in [0.1, 0.15) is 5.15 Å². The first-order valence-corrected chi connectivity index (χ1v) is 10.7. The van der Waals surface area contributed by atoms with E-state index in [1.807, 2.05) is 43.3 Å². The topological polar surface area (TPSA) is 91.0 Å². The number of aromatic nitrogens is 4. The number of nitrogens with one attached hydrogen (secondary N) is 1. The van der Waals surface area contributed by atoms with Crippen LogP contribution in [0.2, 0.25) is 5.15 Å². The van der Waals surface area contributed by atoms with Gasteiger partial charge in [0, 0.05) is 18.3 Å². The largest absolute Gasteiger partial charge is 0.461 e. The van der Waals surface area contributed by atoms with Crippen LogP contribution in [-0.4, -0.2) is 38.0 Å². The summed E-state index contributed by atoms with van der Waals surface area (Å²) in [6.45, 7) is 3.99. The highest BCUT2D eigenvalue weighted by Gasteiger charge is 2.19. The summed E-state index contributed by atoms with van der Waals surface area (Å²) >= 11 is 6.14. The summed E-state index contributed by atoms with van der Waals surface area (Å²) in [5, 5.41) is 11.6. The molecule has 168 valence electrons. The molecule has 4 aromatic rings. The smallest absolute Gasteiger partial charge is 0.358 e. The number of rotatable bonds is 6. The van der Waals surface area contributed by atoms with Gasteiger partial charge in [-0.05, 0) is 49.7 Å². The first-order chi connectivity index (χ1) is 15.9. The van der Waals surface area contributed by atoms with Crippen molar-refractivity contribution in [3.63, 3.8) is 0 Å². The maximum Gasteiger partial charge on any atom is 0.358 e. The lowest BCUT2D eigenvalue weighted by Crippen LogP contribution is -2.12. The Bertz CT molecular complexity index is 1340. The number of benzene rings is 2. The summed E-state index contributed by atoms with van der Waals surface area (Å²) in [4.78, 5) is 25.0. The molecular weight excluding hydrogens is 442 g/mol. The Kier molecular flexibility index (Phi) is 6.28. The van der Waals surface area contributed by atoms with Gasteiger partial charge in [0.2, 0.25) is 0 Å². The molecule has 0 aliphatic heterocycles. The van der Waals surface area contributed by atoms with Crippen LogP contribution < -0.4 is 5.32 Å². The molecule has 0 fully saturated rings. The summed E-state index contributed by atoms with van der Waals surface area (Å²) < 4.78 is 8.25. The van der Waals surface area contributed by atoms with Crippen LogP contribution in [0.1, 0.15) is 33.3 Å². The van der Waals surface area contributed by atoms with Crippen LogP contribution in [0.5, 0.6) is 0 Å². The number of ether oxygens (including phenoxy) is 1. The Labute approximate surface area is 195 Å². The van der Waals surface area contributed by atoms with Gasteiger partial charge in [0.25, 0.3) is 5.91 Å². The van der Waals surface area contributed by atoms with E-state index in [4.69, 9.17) is 16.3 Å². The molecule has 1 N–H and O–H groups in total. The van der Waals surface area contributed by atoms with E-state index in [1.165, 1.54) is 10.9 Å². The van der Waals surface area contributed by atoms with Crippen molar-refractivity contribution in [1.29, 1.82) is 0 Å². The average molecular weight is 464 g/mol. The highest BCUT2D eigenvalue weighted by molar-refractivity contribution is 6.33. The number of nitrogens with zero attached hydrogens (tertiary/aromatic N) is 4. The molecule has 0 unspecified atom stereocenters. The maximum absolute atomic E-state index is 12.7. The highest BCUT2D eigenvalue weighted by atomic mass is 35.5. The highest BCUT2D eigenvalue weighted by Crippen LogP contribution is 2.27. The zero-order chi connectivity index (χ0) is 23.5. The van der Waals surface area contributed by atoms with Gasteiger partial charge >= 0.3 is 5.97 Å². The molecule has 1 amide bonds. The molecule has 9 heteroatoms. The lowest BCUT2D eigenvalue weighted by Gasteiger charge is -2.10. The molecule has 2 heterocycles. The third-order valence-electron chi connectivity index (χ3n) is 4.97. The fourth-order valence-corrected chi connectivity index (χ4v) is 3.56. The third-order valence-corrected chi connectivity index (χ3v) is 5.42. The van der Waals surface area contributed by atoms with Crippen LogP contribution in [0.4, 0.5) is 5.69 Å². The number of esters is 1. The second-order valence-corrected chi connectivity index (χ2v) is 7.75. The van der Waals surface area contributed by atoms with Gasteiger partial charge in [0.05, 0.1) is 29.7 Å². The van der Waals surface area contributed by atoms with Crippen LogP contribution in [0.15, 0.2) is 60.8 Å². The summed E-state index contributed by atoms with van der Waals surface area (Å²) in [7, 11) is 1.66. The number of amides is 1. The SMILES string of the molecule is CCOC(=O)c1cc(-c2cccc(NC(=O)c3cnn(C)c3Cl)c2)n(-c2cccc(C)c2)n1. The minimum atomic E-state index is -0.499. The van der Waals surface area contributed by atoms with Gasteiger partial charge in [-0.15, -0.1) is 0 Å². The molecule has 0 atom stereocenters. The number of carbonyl (C=O) groups is 2. The Balaban J connectivity index is 1.73. The van der Waals surface area contributed by atoms with Gasteiger partial charge in [0.15, 0.2) is 5.69 Å². The molecule has 0 aliphatic carbocycles. The van der Waals surface area contributed by atoms with Gasteiger partial charge in [-0.3, -0.25) is 9.48 Å². The molecule has 2 aromatic heterocycles. The monoisotopic (exact) mass is 463 g/mol. The van der Waals surface area contributed by atoms with Crippen LogP contribution in [0.3, 0.4) is 0 Å². The van der Waals surface area contributed by atoms with Gasteiger partial charge < -0.3 is 10.1 Å². The van der Waals surface area contributed by atoms with Crippen LogP contribution in [-0.2, 0) is 11.8 Å². The van der Waals surface area contributed by atoms with Crippen molar-refractivity contribution >= 4 is 29.2 Å². The van der Waals surface area contributed by atoms with E-state index in [0.29, 0.717) is 11.4 Å². The number of hydrogen-bond donors (Lipinski definition) is 1. The second-order valence-electron chi connectivity index (χ2n) is 7.39. The van der Waals surface area contributed by atoms with Crippen molar-refractivity contribution in [2.24, 2.45) is 7.05 Å². The fourth-order valence-electron chi connectivity index (χ4n) is 3.38. The molecule has 0 radical (unpaired) electrons. The summed E-state index contributed by atoms with van der Waals surface area (Å²) in [5.74, 6) is -0.870. The van der Waals surface area contributed by atoms with E-state index < -0.39 is 5.97 Å². The molecule has 0 aliphatic rings. The zero-order valence-electron chi connectivity index (χ0n) is 18.4. The Morgan fingerprint density at radius 3 is 2.61 bits per heavy atom. The first-order valence-electron chi connectivity index (χ1n) is 10.3. The molecule has 33 heavy (non-hydrogen) atoms. The van der Waals surface area contributed by atoms with Gasteiger partial charge in [-0.2, -0.15) is 10.2 Å². The molecule has 2 aromatic carbocycles. The van der Waals surface area contributed by atoms with Crippen molar-refractivity contribution in [2.75, 3.05) is 11.9 Å². The van der Waals surface area contributed by atoms with E-state index in [9.17, 15) is 9.59 Å². The van der Waals surface area contributed by atoms with Crippen molar-refractivity contribution in [2.45, 2.75) is 13.8 Å². The molecule has 0 spiro atoms. The van der Waals surface area contributed by atoms with E-state index in [0.717, 1.165) is 16.8 Å². The van der Waals surface area contributed by atoms with E-state index in [1.54, 1.807) is 36.9 Å². The summed E-state index contributed by atoms with van der Waals surface area (Å²) in [6, 6.07) is 16.7. The molecule has 8 nitrogen and oxygen atoms in total. The van der Waals surface area contributed by atoms with Crippen molar-refractivity contribution in [3.05, 3.63) is 82.8 Å². The molecule has 0 saturated heterocycles. The number of aryl methyl sites for hydroxylation is 2. The lowest BCUT2D eigenvalue weighted by molar-refractivity contribution is 0.0519. The Hall–Kier alpha value is -3.91. The van der Waals surface area contributed by atoms with Crippen molar-refractivity contribution in [3.8, 4) is 16.9 Å². The number of carbonyl (C=O) groups excluding carboxylic acids is 2. The Morgan fingerprint density at radius 1 is 1.12 bits per heavy atom. The lowest BCUT2D eigenvalue weighted by atomic mass is 10.1. The van der Waals surface area contributed by atoms with Crippen molar-refractivity contribution in [1.82, 2.24) is 19.6 Å². The van der Waals surface area contributed by atoms with E-state index in [-0.39, 0.29) is 28.9 Å². The van der Waals surface area contributed by atoms with Gasteiger partial charge in [-0.25, -0.2) is 9.48 Å². The second kappa shape index (κ2) is 9.30. The third kappa shape index (κ3) is 4.65. The van der Waals surface area contributed by atoms with Crippen LogP contribution in [0, 0.1) is 6.92 Å². The summed E-state index contributed by atoms with van der Waals surface area (Å²) in [5.41, 5.74) is 4.34. The number of hydrogen-bond acceptors (Lipinski definition) is 5. The van der Waals surface area contributed by atoms with E-state index in [2.05, 4.69) is 15.5 Å². The molecule has 4 rings (SSSR count). The minimum absolute atomic E-state index is 0.199. The van der Waals surface area contributed by atoms with Crippen LogP contribution in [0.25, 0.3) is 16.9 Å². The molecule has 0 bridgehead atoms. The van der Waals surface area contributed by atoms with Crippen molar-refractivity contribution < 1.29 is 14.3 Å². The zero-order valence-corrected chi connectivity index (χ0v) is 19.1. The summed E-state index contributed by atoms with van der Waals surface area (Å²) in [6.07, 6.45) is 1.42. The van der Waals surface area contributed by atoms with E-state index >= 15 is 0 Å². The van der Waals surface area contributed by atoms with Gasteiger partial charge in [-0.1, -0.05) is 35.9 Å². The number of anilines is 1. The fraction of sp³-hybridized carbons (Fsp3) is 0.167. The normalized spacial score (nSPS) is 10.8. The predicted molar refractivity (Wildman–Crippen MR) is 126 cm³/mol.